The number of nitrogens with zero attached hydrogens (tertiary/aromatic N) is 2. The van der Waals surface area contributed by atoms with Crippen LogP contribution in [0.5, 0.6) is 0 Å². The second-order valence-corrected chi connectivity index (χ2v) is 7.89. The van der Waals surface area contributed by atoms with Gasteiger partial charge in [-0.1, -0.05) is 0 Å². The minimum atomic E-state index is -3.72. The SMILES string of the molecule is NS(=O)(=O)C1CCCN(S(=O)(=O)c2ccn[nH]2)C1. The highest BCUT2D eigenvalue weighted by Crippen LogP contribution is 2.21. The maximum Gasteiger partial charge on any atom is 0.260 e. The number of primary sulfonamides is 1. The first-order valence-corrected chi connectivity index (χ1v) is 8.38. The zero-order chi connectivity index (χ0) is 13.4. The first kappa shape index (κ1) is 13.5. The largest absolute Gasteiger partial charge is 0.266 e. The predicted molar refractivity (Wildman–Crippen MR) is 63.5 cm³/mol. The Bertz CT molecular complexity index is 608. The number of hydrogen-bond acceptors (Lipinski definition) is 5. The maximum absolute atomic E-state index is 12.1. The number of aromatic nitrogens is 2. The minimum absolute atomic E-state index is 0.0439. The van der Waals surface area contributed by atoms with Gasteiger partial charge in [0.1, 0.15) is 0 Å². The fourth-order valence-electron chi connectivity index (χ4n) is 1.92. The molecule has 1 atom stereocenters. The lowest BCUT2D eigenvalue weighted by Crippen LogP contribution is -2.47. The summed E-state index contributed by atoms with van der Waals surface area (Å²) < 4.78 is 48.0. The average molecular weight is 294 g/mol. The summed E-state index contributed by atoms with van der Waals surface area (Å²) in [5.41, 5.74) is 0. The van der Waals surface area contributed by atoms with E-state index in [0.29, 0.717) is 12.8 Å². The van der Waals surface area contributed by atoms with Crippen molar-refractivity contribution in [2.45, 2.75) is 23.1 Å². The molecule has 1 aromatic rings. The molecule has 2 rings (SSSR count). The van der Waals surface area contributed by atoms with E-state index in [1.807, 2.05) is 0 Å². The summed E-state index contributed by atoms with van der Waals surface area (Å²) in [6.45, 7) is 0.174. The van der Waals surface area contributed by atoms with Crippen LogP contribution >= 0.6 is 0 Å². The molecule has 0 radical (unpaired) electrons. The molecule has 0 aliphatic carbocycles. The van der Waals surface area contributed by atoms with Crippen LogP contribution in [0.4, 0.5) is 0 Å². The molecule has 102 valence electrons. The van der Waals surface area contributed by atoms with Crippen molar-refractivity contribution in [3.63, 3.8) is 0 Å². The fraction of sp³-hybridized carbons (Fsp3) is 0.625. The fourth-order valence-corrected chi connectivity index (χ4v) is 4.32. The van der Waals surface area contributed by atoms with Gasteiger partial charge in [-0.15, -0.1) is 0 Å². The Morgan fingerprint density at radius 1 is 1.39 bits per heavy atom. The summed E-state index contributed by atoms with van der Waals surface area (Å²) in [7, 11) is -7.44. The van der Waals surface area contributed by atoms with Gasteiger partial charge < -0.3 is 0 Å². The van der Waals surface area contributed by atoms with Crippen molar-refractivity contribution in [2.24, 2.45) is 5.14 Å². The number of piperidine rings is 1. The number of nitrogens with two attached hydrogens (primary N) is 1. The monoisotopic (exact) mass is 294 g/mol. The molecule has 0 amide bonds. The molecular weight excluding hydrogens is 280 g/mol. The van der Waals surface area contributed by atoms with Gasteiger partial charge >= 0.3 is 0 Å². The quantitative estimate of drug-likeness (QED) is 0.728. The topological polar surface area (TPSA) is 126 Å². The van der Waals surface area contributed by atoms with E-state index in [-0.39, 0.29) is 18.1 Å². The molecule has 0 saturated carbocycles. The highest BCUT2D eigenvalue weighted by atomic mass is 32.2. The molecule has 2 heterocycles. The van der Waals surface area contributed by atoms with E-state index in [1.165, 1.54) is 12.3 Å². The molecule has 1 aliphatic rings. The second-order valence-electron chi connectivity index (χ2n) is 4.14. The van der Waals surface area contributed by atoms with Crippen molar-refractivity contribution >= 4 is 20.0 Å². The van der Waals surface area contributed by atoms with Gasteiger partial charge in [0.15, 0.2) is 5.03 Å². The van der Waals surface area contributed by atoms with Crippen molar-refractivity contribution in [3.8, 4) is 0 Å². The zero-order valence-corrected chi connectivity index (χ0v) is 11.1. The summed E-state index contributed by atoms with van der Waals surface area (Å²) >= 11 is 0. The Kier molecular flexibility index (Phi) is 3.45. The van der Waals surface area contributed by atoms with Gasteiger partial charge in [-0.25, -0.2) is 22.0 Å². The Morgan fingerprint density at radius 3 is 2.67 bits per heavy atom. The van der Waals surface area contributed by atoms with Gasteiger partial charge in [0.05, 0.1) is 11.4 Å². The smallest absolute Gasteiger partial charge is 0.260 e. The minimum Gasteiger partial charge on any atom is -0.266 e. The van der Waals surface area contributed by atoms with Gasteiger partial charge in [0.2, 0.25) is 10.0 Å². The molecule has 1 fully saturated rings. The zero-order valence-electron chi connectivity index (χ0n) is 9.48. The van der Waals surface area contributed by atoms with Crippen molar-refractivity contribution in [1.29, 1.82) is 0 Å². The Labute approximate surface area is 105 Å². The summed E-state index contributed by atoms with van der Waals surface area (Å²) in [6.07, 6.45) is 2.18. The Balaban J connectivity index is 2.25. The molecule has 18 heavy (non-hydrogen) atoms. The standard InChI is InChI=1S/C8H14N4O4S2/c9-17(13,14)7-2-1-5-12(6-7)18(15,16)8-3-4-10-11-8/h3-4,7H,1-2,5-6H2,(H,10,11)(H2,9,13,14). The predicted octanol–water partition coefficient (Wildman–Crippen LogP) is -1.15. The lowest BCUT2D eigenvalue weighted by atomic mass is 10.2. The number of rotatable bonds is 3. The van der Waals surface area contributed by atoms with E-state index >= 15 is 0 Å². The number of nitrogens with one attached hydrogen (secondary N) is 1. The van der Waals surface area contributed by atoms with E-state index in [9.17, 15) is 16.8 Å². The third kappa shape index (κ3) is 2.55. The van der Waals surface area contributed by atoms with Crippen molar-refractivity contribution in [3.05, 3.63) is 12.3 Å². The van der Waals surface area contributed by atoms with Crippen LogP contribution < -0.4 is 5.14 Å². The van der Waals surface area contributed by atoms with Crippen LogP contribution in [0.1, 0.15) is 12.8 Å². The van der Waals surface area contributed by atoms with Gasteiger partial charge in [0, 0.05) is 13.1 Å². The van der Waals surface area contributed by atoms with Crippen molar-refractivity contribution in [2.75, 3.05) is 13.1 Å². The molecule has 0 spiro atoms. The van der Waals surface area contributed by atoms with Crippen LogP contribution in [0.3, 0.4) is 0 Å². The first-order chi connectivity index (χ1) is 8.32. The lowest BCUT2D eigenvalue weighted by Gasteiger charge is -2.30. The van der Waals surface area contributed by atoms with E-state index in [0.717, 1.165) is 4.31 Å². The molecule has 0 aromatic carbocycles. The molecule has 1 saturated heterocycles. The van der Waals surface area contributed by atoms with Crippen molar-refractivity contribution < 1.29 is 16.8 Å². The van der Waals surface area contributed by atoms with Crippen molar-refractivity contribution in [1.82, 2.24) is 14.5 Å². The Hall–Kier alpha value is -0.970. The molecule has 3 N–H and O–H groups in total. The van der Waals surface area contributed by atoms with E-state index in [4.69, 9.17) is 5.14 Å². The summed E-state index contributed by atoms with van der Waals surface area (Å²) in [4.78, 5) is 0. The second kappa shape index (κ2) is 4.61. The third-order valence-electron chi connectivity index (χ3n) is 2.90. The molecular formula is C8H14N4O4S2. The normalized spacial score (nSPS) is 23.1. The number of aromatic amines is 1. The van der Waals surface area contributed by atoms with Gasteiger partial charge in [0.25, 0.3) is 10.0 Å². The van der Waals surface area contributed by atoms with Gasteiger partial charge in [-0.05, 0) is 18.9 Å². The maximum atomic E-state index is 12.1. The molecule has 10 heteroatoms. The van der Waals surface area contributed by atoms with Crippen LogP contribution in [0.2, 0.25) is 0 Å². The number of sulfonamides is 2. The molecule has 0 bridgehead atoms. The van der Waals surface area contributed by atoms with E-state index in [2.05, 4.69) is 10.2 Å². The highest BCUT2D eigenvalue weighted by Gasteiger charge is 2.35. The molecule has 8 nitrogen and oxygen atoms in total. The average Bonchev–Trinajstić information content (AvgIpc) is 2.82. The van der Waals surface area contributed by atoms with E-state index in [1.54, 1.807) is 0 Å². The molecule has 1 aliphatic heterocycles. The van der Waals surface area contributed by atoms with E-state index < -0.39 is 25.3 Å². The number of H-pyrrole nitrogens is 1. The van der Waals surface area contributed by atoms with Crippen LogP contribution in [-0.2, 0) is 20.0 Å². The molecule has 1 unspecified atom stereocenters. The number of hydrogen-bond donors (Lipinski definition) is 2. The molecule has 1 aromatic heterocycles. The lowest BCUT2D eigenvalue weighted by molar-refractivity contribution is 0.345. The van der Waals surface area contributed by atoms with Crippen LogP contribution in [0.15, 0.2) is 17.3 Å². The van der Waals surface area contributed by atoms with Crippen LogP contribution in [-0.4, -0.2) is 49.7 Å². The first-order valence-electron chi connectivity index (χ1n) is 5.33. The highest BCUT2D eigenvalue weighted by molar-refractivity contribution is 7.90. The van der Waals surface area contributed by atoms with Gasteiger partial charge in [-0.3, -0.25) is 5.10 Å². The van der Waals surface area contributed by atoms with Crippen LogP contribution in [0, 0.1) is 0 Å². The van der Waals surface area contributed by atoms with Gasteiger partial charge in [-0.2, -0.15) is 9.40 Å². The van der Waals surface area contributed by atoms with Crippen LogP contribution in [0.25, 0.3) is 0 Å². The third-order valence-corrected chi connectivity index (χ3v) is 6.01. The summed E-state index contributed by atoms with van der Waals surface area (Å²) in [5, 5.41) is 10.1. The summed E-state index contributed by atoms with van der Waals surface area (Å²) in [6, 6.07) is 1.33. The summed E-state index contributed by atoms with van der Waals surface area (Å²) in [5.74, 6) is 0. The Morgan fingerprint density at radius 2 is 2.11 bits per heavy atom.